The topological polar surface area (TPSA) is 78.0 Å². The molecule has 0 saturated carbocycles. The van der Waals surface area contributed by atoms with E-state index in [9.17, 15) is 9.90 Å². The molecule has 1 aromatic heterocycles. The Hall–Kier alpha value is 0.0669. The summed E-state index contributed by atoms with van der Waals surface area (Å²) in [5, 5.41) is 18.0. The molecule has 2 rings (SSSR count). The summed E-state index contributed by atoms with van der Waals surface area (Å²) >= 11 is 2.22. The van der Waals surface area contributed by atoms with Crippen LogP contribution in [0.2, 0.25) is 25.7 Å². The fraction of sp³-hybridized carbons (Fsp3) is 0.429. The van der Waals surface area contributed by atoms with E-state index in [4.69, 9.17) is 4.74 Å². The third-order valence-electron chi connectivity index (χ3n) is 3.16. The van der Waals surface area contributed by atoms with Crippen molar-refractivity contribution < 1.29 is 44.2 Å². The van der Waals surface area contributed by atoms with Crippen LogP contribution in [0.5, 0.6) is 0 Å². The van der Waals surface area contributed by atoms with Crippen molar-refractivity contribution in [2.24, 2.45) is 0 Å². The van der Waals surface area contributed by atoms with Crippen LogP contribution in [0.1, 0.15) is 20.2 Å². The molecular formula is C14H18IN2NaO3Si. The maximum absolute atomic E-state index is 11.0. The number of aromatic amines is 1. The maximum atomic E-state index is 11.0. The minimum atomic E-state index is -1.27. The standard InChI is InChI=1S/C14H19IN2O3Si.Na/c1-21(2,3)7-6-20-13(15)9-4-5-11-10(8-9)12(14(18)19)17-16-11;/h4-5,8,13H,6-7H2,1-3H3,(H,16,17)(H,18,19);/q;+1/p-1. The zero-order valence-corrected chi connectivity index (χ0v) is 18.4. The zero-order valence-electron chi connectivity index (χ0n) is 13.3. The van der Waals surface area contributed by atoms with Crippen LogP contribution in [0, 0.1) is 0 Å². The van der Waals surface area contributed by atoms with E-state index in [0.29, 0.717) is 10.9 Å². The van der Waals surface area contributed by atoms with Gasteiger partial charge in [-0.25, -0.2) is 0 Å². The van der Waals surface area contributed by atoms with Crippen molar-refractivity contribution in [2.75, 3.05) is 6.61 Å². The van der Waals surface area contributed by atoms with Gasteiger partial charge in [0.25, 0.3) is 0 Å². The van der Waals surface area contributed by atoms with Crippen LogP contribution in [0.15, 0.2) is 18.2 Å². The molecule has 0 aliphatic rings. The van der Waals surface area contributed by atoms with Crippen LogP contribution in [-0.4, -0.2) is 30.8 Å². The number of carbonyl (C=O) groups is 1. The molecule has 8 heteroatoms. The molecule has 1 aromatic carbocycles. The van der Waals surface area contributed by atoms with E-state index in [0.717, 1.165) is 18.2 Å². The average molecular weight is 440 g/mol. The molecule has 2 aromatic rings. The molecule has 1 N–H and O–H groups in total. The number of carbonyl (C=O) groups excluding carboxylic acids is 1. The van der Waals surface area contributed by atoms with Gasteiger partial charge in [0, 0.05) is 20.1 Å². The van der Waals surface area contributed by atoms with E-state index in [2.05, 4.69) is 52.4 Å². The number of benzene rings is 1. The molecule has 0 spiro atoms. The fourth-order valence-electron chi connectivity index (χ4n) is 1.89. The van der Waals surface area contributed by atoms with Gasteiger partial charge in [0.05, 0.1) is 11.5 Å². The Morgan fingerprint density at radius 3 is 2.73 bits per heavy atom. The molecule has 22 heavy (non-hydrogen) atoms. The van der Waals surface area contributed by atoms with Gasteiger partial charge in [-0.1, -0.05) is 25.7 Å². The number of hydrogen-bond acceptors (Lipinski definition) is 4. The summed E-state index contributed by atoms with van der Waals surface area (Å²) < 4.78 is 5.75. The second kappa shape index (κ2) is 8.25. The van der Waals surface area contributed by atoms with Gasteiger partial charge >= 0.3 is 29.6 Å². The van der Waals surface area contributed by atoms with E-state index in [-0.39, 0.29) is 39.4 Å². The van der Waals surface area contributed by atoms with Gasteiger partial charge < -0.3 is 14.6 Å². The van der Waals surface area contributed by atoms with Crippen molar-refractivity contribution in [1.29, 1.82) is 0 Å². The smallest absolute Gasteiger partial charge is 0.543 e. The first-order valence-electron chi connectivity index (χ1n) is 6.73. The quantitative estimate of drug-likeness (QED) is 0.381. The maximum Gasteiger partial charge on any atom is 1.00 e. The number of H-pyrrole nitrogens is 1. The molecule has 114 valence electrons. The average Bonchev–Trinajstić information content (AvgIpc) is 2.79. The third-order valence-corrected chi connectivity index (χ3v) is 5.94. The molecule has 5 nitrogen and oxygen atoms in total. The molecule has 0 saturated heterocycles. The van der Waals surface area contributed by atoms with Crippen molar-refractivity contribution in [3.63, 3.8) is 0 Å². The first kappa shape index (κ1) is 20.1. The molecule has 1 heterocycles. The van der Waals surface area contributed by atoms with E-state index in [1.807, 2.05) is 12.1 Å². The Morgan fingerprint density at radius 1 is 1.45 bits per heavy atom. The number of nitrogens with zero attached hydrogens (tertiary/aromatic N) is 1. The summed E-state index contributed by atoms with van der Waals surface area (Å²) in [6, 6.07) is 6.64. The fourth-order valence-corrected chi connectivity index (χ4v) is 3.27. The number of alkyl halides is 1. The Morgan fingerprint density at radius 2 is 2.14 bits per heavy atom. The van der Waals surface area contributed by atoms with Crippen LogP contribution < -0.4 is 34.7 Å². The SMILES string of the molecule is C[Si](C)(C)CCOC(I)c1ccc2[nH]nc(C(=O)[O-])c2c1.[Na+]. The monoisotopic (exact) mass is 440 g/mol. The number of carboxylic acid groups (broad SMARTS) is 1. The second-order valence-corrected chi connectivity index (χ2v) is 12.9. The first-order chi connectivity index (χ1) is 9.78. The third kappa shape index (κ3) is 5.31. The van der Waals surface area contributed by atoms with Gasteiger partial charge in [-0.05, 0) is 46.3 Å². The van der Waals surface area contributed by atoms with Crippen LogP contribution in [0.4, 0.5) is 0 Å². The molecule has 0 bridgehead atoms. The largest absolute Gasteiger partial charge is 1.00 e. The van der Waals surface area contributed by atoms with Gasteiger partial charge in [-0.3, -0.25) is 5.10 Å². The minimum Gasteiger partial charge on any atom is -0.543 e. The summed E-state index contributed by atoms with van der Waals surface area (Å²) in [5.41, 5.74) is 1.56. The van der Waals surface area contributed by atoms with Crippen LogP contribution in [0.3, 0.4) is 0 Å². The number of nitrogens with one attached hydrogen (secondary N) is 1. The molecule has 0 aliphatic heterocycles. The Bertz CT molecular complexity index is 657. The van der Waals surface area contributed by atoms with Crippen LogP contribution in [-0.2, 0) is 4.74 Å². The van der Waals surface area contributed by atoms with Gasteiger partial charge in [0.1, 0.15) is 9.80 Å². The number of aromatic nitrogens is 2. The van der Waals surface area contributed by atoms with Gasteiger partial charge in [-0.15, -0.1) is 0 Å². The van der Waals surface area contributed by atoms with Crippen molar-refractivity contribution in [2.45, 2.75) is 29.8 Å². The van der Waals surface area contributed by atoms with Crippen LogP contribution >= 0.6 is 22.6 Å². The summed E-state index contributed by atoms with van der Waals surface area (Å²) in [6.45, 7) is 7.65. The van der Waals surface area contributed by atoms with Gasteiger partial charge in [-0.2, -0.15) is 5.10 Å². The van der Waals surface area contributed by atoms with E-state index < -0.39 is 14.0 Å². The molecule has 0 radical (unpaired) electrons. The molecule has 1 atom stereocenters. The Balaban J connectivity index is 0.00000242. The van der Waals surface area contributed by atoms with E-state index in [1.54, 1.807) is 6.07 Å². The number of fused-ring (bicyclic) bond motifs is 1. The number of carboxylic acids is 1. The summed E-state index contributed by atoms with van der Waals surface area (Å²) in [6.07, 6.45) is 0. The number of hydrogen-bond donors (Lipinski definition) is 1. The zero-order chi connectivity index (χ0) is 15.6. The molecule has 1 unspecified atom stereocenters. The number of aromatic carboxylic acids is 1. The van der Waals surface area contributed by atoms with Crippen molar-refractivity contribution >= 4 is 47.5 Å². The Labute approximate surface area is 166 Å². The molecule has 0 fully saturated rings. The van der Waals surface area contributed by atoms with Gasteiger partial charge in [0.2, 0.25) is 0 Å². The van der Waals surface area contributed by atoms with E-state index in [1.165, 1.54) is 0 Å². The van der Waals surface area contributed by atoms with Gasteiger partial charge in [0.15, 0.2) is 0 Å². The summed E-state index contributed by atoms with van der Waals surface area (Å²) in [4.78, 5) is 11.0. The minimum absolute atomic E-state index is 0. The first-order valence-corrected chi connectivity index (χ1v) is 11.7. The van der Waals surface area contributed by atoms with Crippen molar-refractivity contribution in [1.82, 2.24) is 10.2 Å². The number of rotatable bonds is 6. The molecule has 0 amide bonds. The second-order valence-electron chi connectivity index (χ2n) is 6.16. The van der Waals surface area contributed by atoms with Crippen LogP contribution in [0.25, 0.3) is 10.9 Å². The predicted octanol–water partition coefficient (Wildman–Crippen LogP) is -0.281. The summed E-state index contributed by atoms with van der Waals surface area (Å²) in [7, 11) is -1.11. The summed E-state index contributed by atoms with van der Waals surface area (Å²) in [5.74, 6) is -1.27. The normalized spacial score (nSPS) is 12.9. The van der Waals surface area contributed by atoms with Crippen molar-refractivity contribution in [3.05, 3.63) is 29.5 Å². The Kier molecular flexibility index (Phi) is 7.54. The predicted molar refractivity (Wildman–Crippen MR) is 91.3 cm³/mol. The number of ether oxygens (including phenoxy) is 1. The number of halogens is 1. The van der Waals surface area contributed by atoms with E-state index >= 15 is 0 Å². The van der Waals surface area contributed by atoms with Crippen molar-refractivity contribution in [3.8, 4) is 0 Å². The molecule has 0 aliphatic carbocycles. The molecular weight excluding hydrogens is 422 g/mol.